The Kier molecular flexibility index (Phi) is 5.81. The van der Waals surface area contributed by atoms with Crippen molar-refractivity contribution in [3.05, 3.63) is 58.9 Å². The van der Waals surface area contributed by atoms with Gasteiger partial charge in [-0.05, 0) is 12.1 Å². The number of amides is 1. The molecule has 0 aromatic heterocycles. The zero-order valence-electron chi connectivity index (χ0n) is 13.5. The molecule has 2 aromatic carbocycles. The Morgan fingerprint density at radius 1 is 0.923 bits per heavy atom. The highest BCUT2D eigenvalue weighted by Gasteiger charge is 2.26. The third-order valence-corrected chi connectivity index (χ3v) is 3.31. The molecule has 0 saturated heterocycles. The molecule has 0 aliphatic heterocycles. The Hall–Kier alpha value is -3.10. The van der Waals surface area contributed by atoms with Crippen molar-refractivity contribution in [2.24, 2.45) is 0 Å². The van der Waals surface area contributed by atoms with E-state index >= 15 is 0 Å². The van der Waals surface area contributed by atoms with E-state index < -0.39 is 40.7 Å². The summed E-state index contributed by atoms with van der Waals surface area (Å²) in [4.78, 5) is 11.8. The summed E-state index contributed by atoms with van der Waals surface area (Å²) in [5, 5.41) is 1.63. The number of benzene rings is 2. The number of anilines is 1. The van der Waals surface area contributed by atoms with E-state index in [1.165, 1.54) is 20.3 Å². The molecule has 2 aromatic rings. The maximum atomic E-state index is 13.5. The van der Waals surface area contributed by atoms with Gasteiger partial charge in [-0.2, -0.15) is 0 Å². The summed E-state index contributed by atoms with van der Waals surface area (Å²) >= 11 is 0. The summed E-state index contributed by atoms with van der Waals surface area (Å²) in [5.74, 6) is -11.3. The van der Waals surface area contributed by atoms with E-state index in [-0.39, 0.29) is 5.75 Å². The van der Waals surface area contributed by atoms with Crippen molar-refractivity contribution in [3.63, 3.8) is 0 Å². The summed E-state index contributed by atoms with van der Waals surface area (Å²) in [6, 6.07) is 4.76. The fourth-order valence-corrected chi connectivity index (χ4v) is 2.09. The number of methoxy groups -OCH3 is 2. The quantitative estimate of drug-likeness (QED) is 0.372. The van der Waals surface area contributed by atoms with Crippen LogP contribution in [0.25, 0.3) is 6.08 Å². The lowest BCUT2D eigenvalue weighted by molar-refractivity contribution is -0.111. The van der Waals surface area contributed by atoms with E-state index in [1.54, 1.807) is 23.5 Å². The lowest BCUT2D eigenvalue weighted by atomic mass is 10.1. The van der Waals surface area contributed by atoms with Gasteiger partial charge in [0.1, 0.15) is 5.69 Å². The van der Waals surface area contributed by atoms with Gasteiger partial charge in [0.25, 0.3) is 0 Å². The van der Waals surface area contributed by atoms with Gasteiger partial charge in [0, 0.05) is 11.6 Å². The number of ether oxygens (including phenoxy) is 2. The van der Waals surface area contributed by atoms with Crippen LogP contribution in [0.4, 0.5) is 27.6 Å². The number of halogens is 5. The van der Waals surface area contributed by atoms with Crippen LogP contribution in [0.5, 0.6) is 11.5 Å². The van der Waals surface area contributed by atoms with Crippen LogP contribution in [0.15, 0.2) is 24.3 Å². The Morgan fingerprint density at radius 2 is 1.50 bits per heavy atom. The highest BCUT2D eigenvalue weighted by molar-refractivity contribution is 6.02. The molecule has 0 radical (unpaired) electrons. The minimum Gasteiger partial charge on any atom is -0.493 e. The van der Waals surface area contributed by atoms with Gasteiger partial charge in [-0.15, -0.1) is 0 Å². The van der Waals surface area contributed by atoms with Gasteiger partial charge >= 0.3 is 0 Å². The zero-order chi connectivity index (χ0) is 19.4. The standard InChI is InChI=1S/C17H12F5NO3/c1-25-9-5-3-4-8(17(9)26-2)6-7-10(24)23-16-14(21)12(19)11(18)13(20)15(16)22/h3-7H,1-2H3,(H,23,24)/b7-6+. The predicted molar refractivity (Wildman–Crippen MR) is 83.4 cm³/mol. The molecule has 0 atom stereocenters. The van der Waals surface area contributed by atoms with Crippen molar-refractivity contribution in [1.29, 1.82) is 0 Å². The molecule has 0 fully saturated rings. The summed E-state index contributed by atoms with van der Waals surface area (Å²) in [7, 11) is 2.77. The number of nitrogens with one attached hydrogen (secondary N) is 1. The van der Waals surface area contributed by atoms with E-state index in [4.69, 9.17) is 9.47 Å². The van der Waals surface area contributed by atoms with Gasteiger partial charge in [-0.3, -0.25) is 4.79 Å². The SMILES string of the molecule is COc1cccc(/C=C/C(=O)Nc2c(F)c(F)c(F)c(F)c2F)c1OC. The number of hydrogen-bond acceptors (Lipinski definition) is 3. The molecule has 2 rings (SSSR count). The smallest absolute Gasteiger partial charge is 0.248 e. The molecule has 1 N–H and O–H groups in total. The second-order valence-electron chi connectivity index (χ2n) is 4.85. The van der Waals surface area contributed by atoms with E-state index in [0.717, 1.165) is 6.08 Å². The van der Waals surface area contributed by atoms with Crippen LogP contribution < -0.4 is 14.8 Å². The normalized spacial score (nSPS) is 10.9. The fourth-order valence-electron chi connectivity index (χ4n) is 2.09. The molecular formula is C17H12F5NO3. The molecule has 4 nitrogen and oxygen atoms in total. The Bertz CT molecular complexity index is 854. The van der Waals surface area contributed by atoms with Crippen molar-refractivity contribution < 1.29 is 36.2 Å². The molecule has 0 aliphatic carbocycles. The first-order chi connectivity index (χ1) is 12.3. The highest BCUT2D eigenvalue weighted by atomic mass is 19.2. The first kappa shape index (κ1) is 19.2. The van der Waals surface area contributed by atoms with Crippen LogP contribution in [0.2, 0.25) is 0 Å². The van der Waals surface area contributed by atoms with Crippen LogP contribution in [-0.2, 0) is 4.79 Å². The van der Waals surface area contributed by atoms with Crippen LogP contribution in [-0.4, -0.2) is 20.1 Å². The predicted octanol–water partition coefficient (Wildman–Crippen LogP) is 4.05. The second kappa shape index (κ2) is 7.85. The third-order valence-electron chi connectivity index (χ3n) is 3.31. The van der Waals surface area contributed by atoms with Gasteiger partial charge < -0.3 is 14.8 Å². The molecule has 0 aliphatic rings. The van der Waals surface area contributed by atoms with Crippen LogP contribution in [0, 0.1) is 29.1 Å². The summed E-state index contributed by atoms with van der Waals surface area (Å²) in [5.41, 5.74) is -1.05. The van der Waals surface area contributed by atoms with Crippen molar-refractivity contribution in [2.45, 2.75) is 0 Å². The summed E-state index contributed by atoms with van der Waals surface area (Å²) in [6.45, 7) is 0. The minimum absolute atomic E-state index is 0.287. The first-order valence-corrected chi connectivity index (χ1v) is 7.03. The second-order valence-corrected chi connectivity index (χ2v) is 4.85. The molecule has 0 unspecified atom stereocenters. The van der Waals surface area contributed by atoms with Crippen molar-refractivity contribution >= 4 is 17.7 Å². The van der Waals surface area contributed by atoms with Gasteiger partial charge in [-0.1, -0.05) is 12.1 Å². The molecule has 9 heteroatoms. The van der Waals surface area contributed by atoms with E-state index in [9.17, 15) is 26.7 Å². The summed E-state index contributed by atoms with van der Waals surface area (Å²) in [6.07, 6.45) is 2.07. The highest BCUT2D eigenvalue weighted by Crippen LogP contribution is 2.31. The average molecular weight is 373 g/mol. The van der Waals surface area contributed by atoms with Crippen LogP contribution >= 0.6 is 0 Å². The Balaban J connectivity index is 2.30. The van der Waals surface area contributed by atoms with Gasteiger partial charge in [-0.25, -0.2) is 22.0 Å². The lowest BCUT2D eigenvalue weighted by Gasteiger charge is -2.10. The number of carbonyl (C=O) groups excluding carboxylic acids is 1. The number of carbonyl (C=O) groups is 1. The van der Waals surface area contributed by atoms with Crippen LogP contribution in [0.1, 0.15) is 5.56 Å². The van der Waals surface area contributed by atoms with Crippen molar-refractivity contribution in [1.82, 2.24) is 0 Å². The molecule has 26 heavy (non-hydrogen) atoms. The zero-order valence-corrected chi connectivity index (χ0v) is 13.5. The number of para-hydroxylation sites is 1. The lowest BCUT2D eigenvalue weighted by Crippen LogP contribution is -2.14. The average Bonchev–Trinajstić information content (AvgIpc) is 2.65. The molecule has 0 bridgehead atoms. The van der Waals surface area contributed by atoms with Gasteiger partial charge in [0.05, 0.1) is 14.2 Å². The van der Waals surface area contributed by atoms with Gasteiger partial charge in [0.15, 0.2) is 34.8 Å². The molecular weight excluding hydrogens is 361 g/mol. The number of hydrogen-bond donors (Lipinski definition) is 1. The fraction of sp³-hybridized carbons (Fsp3) is 0.118. The Labute approximate surface area is 144 Å². The maximum Gasteiger partial charge on any atom is 0.248 e. The maximum absolute atomic E-state index is 13.5. The number of rotatable bonds is 5. The molecule has 0 saturated carbocycles. The first-order valence-electron chi connectivity index (χ1n) is 7.03. The van der Waals surface area contributed by atoms with E-state index in [2.05, 4.69) is 0 Å². The third kappa shape index (κ3) is 3.61. The van der Waals surface area contributed by atoms with Crippen molar-refractivity contribution in [3.8, 4) is 11.5 Å². The van der Waals surface area contributed by atoms with E-state index in [0.29, 0.717) is 11.3 Å². The molecule has 0 spiro atoms. The van der Waals surface area contributed by atoms with E-state index in [1.807, 2.05) is 0 Å². The monoisotopic (exact) mass is 373 g/mol. The van der Waals surface area contributed by atoms with Crippen LogP contribution in [0.3, 0.4) is 0 Å². The largest absolute Gasteiger partial charge is 0.493 e. The molecule has 0 heterocycles. The molecule has 138 valence electrons. The Morgan fingerprint density at radius 3 is 2.04 bits per heavy atom. The van der Waals surface area contributed by atoms with Gasteiger partial charge in [0.2, 0.25) is 11.7 Å². The van der Waals surface area contributed by atoms with Crippen molar-refractivity contribution in [2.75, 3.05) is 19.5 Å². The minimum atomic E-state index is -2.31. The summed E-state index contributed by atoms with van der Waals surface area (Å²) < 4.78 is 76.5. The topological polar surface area (TPSA) is 47.6 Å². The molecule has 1 amide bonds.